The minimum Gasteiger partial charge on any atom is -0.353 e. The molecule has 1 fully saturated rings. The summed E-state index contributed by atoms with van der Waals surface area (Å²) in [5.74, 6) is 1.32. The van der Waals surface area contributed by atoms with E-state index in [9.17, 15) is 9.18 Å². The summed E-state index contributed by atoms with van der Waals surface area (Å²) in [6.07, 6.45) is 0.781. The maximum atomic E-state index is 13.2. The second-order valence-electron chi connectivity index (χ2n) is 8.55. The van der Waals surface area contributed by atoms with E-state index in [1.165, 1.54) is 28.8 Å². The van der Waals surface area contributed by atoms with Crippen LogP contribution in [-0.4, -0.2) is 47.0 Å². The summed E-state index contributed by atoms with van der Waals surface area (Å²) in [5.41, 5.74) is 6.44. The first-order valence-corrected chi connectivity index (χ1v) is 11.0. The molecule has 1 aromatic heterocycles. The topological polar surface area (TPSA) is 49.3 Å². The van der Waals surface area contributed by atoms with E-state index in [1.54, 1.807) is 12.1 Å². The number of aromatic nitrogens is 2. The van der Waals surface area contributed by atoms with Crippen LogP contribution < -0.4 is 4.90 Å². The highest BCUT2D eigenvalue weighted by atomic mass is 19.1. The van der Waals surface area contributed by atoms with Gasteiger partial charge in [-0.25, -0.2) is 14.4 Å². The molecular formula is C26H29FN4O. The fraction of sp³-hybridized carbons (Fsp3) is 0.346. The number of carbonyl (C=O) groups is 1. The number of rotatable bonds is 4. The fourth-order valence-corrected chi connectivity index (χ4v) is 4.26. The molecule has 4 rings (SSSR count). The molecule has 0 atom stereocenters. The Bertz CT molecular complexity index is 1140. The van der Waals surface area contributed by atoms with E-state index in [0.717, 1.165) is 29.3 Å². The predicted octanol–water partition coefficient (Wildman–Crippen LogP) is 4.40. The van der Waals surface area contributed by atoms with E-state index in [-0.39, 0.29) is 11.7 Å². The molecule has 0 radical (unpaired) electrons. The first-order chi connectivity index (χ1) is 15.3. The summed E-state index contributed by atoms with van der Waals surface area (Å²) < 4.78 is 13.2. The van der Waals surface area contributed by atoms with Crippen molar-refractivity contribution in [3.8, 4) is 0 Å². The maximum Gasteiger partial charge on any atom is 0.253 e. The number of halogens is 1. The van der Waals surface area contributed by atoms with Crippen molar-refractivity contribution in [1.82, 2.24) is 14.9 Å². The zero-order chi connectivity index (χ0) is 22.8. The Morgan fingerprint density at radius 1 is 0.938 bits per heavy atom. The number of benzene rings is 2. The van der Waals surface area contributed by atoms with Gasteiger partial charge < -0.3 is 9.80 Å². The van der Waals surface area contributed by atoms with Gasteiger partial charge in [-0.3, -0.25) is 4.79 Å². The Kier molecular flexibility index (Phi) is 6.21. The van der Waals surface area contributed by atoms with Crippen LogP contribution in [-0.2, 0) is 6.42 Å². The minimum atomic E-state index is -0.336. The summed E-state index contributed by atoms with van der Waals surface area (Å²) in [6.45, 7) is 10.8. The van der Waals surface area contributed by atoms with Crippen LogP contribution in [0.4, 0.5) is 10.2 Å². The molecule has 6 heteroatoms. The number of nitrogens with zero attached hydrogens (tertiary/aromatic N) is 4. The lowest BCUT2D eigenvalue weighted by Gasteiger charge is -2.36. The SMILES string of the molecule is Cc1ccc(C)c(Cc2c(C)nc(C)nc2N2CCN(C(=O)c3ccc(F)cc3)CC2)c1. The molecule has 1 amide bonds. The molecule has 0 unspecified atom stereocenters. The molecule has 2 aromatic carbocycles. The molecule has 1 aliphatic heterocycles. The van der Waals surface area contributed by atoms with Gasteiger partial charge in [0.15, 0.2) is 0 Å². The Labute approximate surface area is 188 Å². The van der Waals surface area contributed by atoms with E-state index < -0.39 is 0 Å². The third kappa shape index (κ3) is 4.64. The minimum absolute atomic E-state index is 0.0599. The number of piperazine rings is 1. The van der Waals surface area contributed by atoms with Gasteiger partial charge in [-0.1, -0.05) is 23.8 Å². The number of amides is 1. The van der Waals surface area contributed by atoms with Gasteiger partial charge in [-0.05, 0) is 63.1 Å². The lowest BCUT2D eigenvalue weighted by Crippen LogP contribution is -2.49. The fourth-order valence-electron chi connectivity index (χ4n) is 4.26. The molecule has 1 saturated heterocycles. The van der Waals surface area contributed by atoms with Gasteiger partial charge in [0.1, 0.15) is 17.5 Å². The summed E-state index contributed by atoms with van der Waals surface area (Å²) >= 11 is 0. The van der Waals surface area contributed by atoms with Crippen LogP contribution in [0, 0.1) is 33.5 Å². The van der Waals surface area contributed by atoms with Crippen molar-refractivity contribution in [2.24, 2.45) is 0 Å². The van der Waals surface area contributed by atoms with E-state index >= 15 is 0 Å². The summed E-state index contributed by atoms with van der Waals surface area (Å²) in [7, 11) is 0. The van der Waals surface area contributed by atoms with Crippen molar-refractivity contribution in [3.63, 3.8) is 0 Å². The van der Waals surface area contributed by atoms with Crippen molar-refractivity contribution in [1.29, 1.82) is 0 Å². The number of aryl methyl sites for hydroxylation is 4. The maximum absolute atomic E-state index is 13.2. The van der Waals surface area contributed by atoms with Crippen LogP contribution >= 0.6 is 0 Å². The van der Waals surface area contributed by atoms with Gasteiger partial charge in [-0.2, -0.15) is 0 Å². The van der Waals surface area contributed by atoms with Crippen LogP contribution in [0.5, 0.6) is 0 Å². The van der Waals surface area contributed by atoms with Crippen LogP contribution in [0.3, 0.4) is 0 Å². The van der Waals surface area contributed by atoms with Gasteiger partial charge in [0.2, 0.25) is 0 Å². The summed E-state index contributed by atoms with van der Waals surface area (Å²) in [6, 6.07) is 12.3. The third-order valence-electron chi connectivity index (χ3n) is 6.13. The molecule has 0 aliphatic carbocycles. The van der Waals surface area contributed by atoms with Gasteiger partial charge in [0.25, 0.3) is 5.91 Å². The normalized spacial score (nSPS) is 14.0. The van der Waals surface area contributed by atoms with Gasteiger partial charge in [0, 0.05) is 49.4 Å². The Hall–Kier alpha value is -3.28. The molecule has 0 N–H and O–H groups in total. The van der Waals surface area contributed by atoms with Crippen molar-refractivity contribution < 1.29 is 9.18 Å². The molecule has 2 heterocycles. The lowest BCUT2D eigenvalue weighted by molar-refractivity contribution is 0.0746. The van der Waals surface area contributed by atoms with Gasteiger partial charge >= 0.3 is 0 Å². The number of anilines is 1. The number of carbonyl (C=O) groups excluding carboxylic acids is 1. The van der Waals surface area contributed by atoms with E-state index in [2.05, 4.69) is 41.9 Å². The molecule has 3 aromatic rings. The first kappa shape index (κ1) is 21.9. The smallest absolute Gasteiger partial charge is 0.253 e. The molecule has 5 nitrogen and oxygen atoms in total. The molecule has 32 heavy (non-hydrogen) atoms. The highest BCUT2D eigenvalue weighted by Crippen LogP contribution is 2.27. The largest absolute Gasteiger partial charge is 0.353 e. The lowest BCUT2D eigenvalue weighted by atomic mass is 9.97. The zero-order valence-corrected chi connectivity index (χ0v) is 19.2. The molecule has 0 saturated carbocycles. The quantitative estimate of drug-likeness (QED) is 0.613. The Balaban J connectivity index is 1.55. The van der Waals surface area contributed by atoms with E-state index in [0.29, 0.717) is 31.7 Å². The average molecular weight is 433 g/mol. The second kappa shape index (κ2) is 9.07. The molecule has 0 bridgehead atoms. The van der Waals surface area contributed by atoms with Crippen molar-refractivity contribution in [2.45, 2.75) is 34.1 Å². The van der Waals surface area contributed by atoms with Crippen molar-refractivity contribution in [2.75, 3.05) is 31.1 Å². The highest BCUT2D eigenvalue weighted by Gasteiger charge is 2.25. The van der Waals surface area contributed by atoms with Crippen LogP contribution in [0.1, 0.15) is 44.1 Å². The number of hydrogen-bond donors (Lipinski definition) is 0. The Morgan fingerprint density at radius 3 is 2.31 bits per heavy atom. The predicted molar refractivity (Wildman–Crippen MR) is 125 cm³/mol. The summed E-state index contributed by atoms with van der Waals surface area (Å²) in [5, 5.41) is 0. The van der Waals surface area contributed by atoms with Crippen LogP contribution in [0.15, 0.2) is 42.5 Å². The van der Waals surface area contributed by atoms with Gasteiger partial charge in [0.05, 0.1) is 0 Å². The zero-order valence-electron chi connectivity index (χ0n) is 19.2. The van der Waals surface area contributed by atoms with Gasteiger partial charge in [-0.15, -0.1) is 0 Å². The monoisotopic (exact) mass is 432 g/mol. The second-order valence-corrected chi connectivity index (χ2v) is 8.55. The first-order valence-electron chi connectivity index (χ1n) is 11.0. The molecule has 1 aliphatic rings. The highest BCUT2D eigenvalue weighted by molar-refractivity contribution is 5.94. The van der Waals surface area contributed by atoms with E-state index in [1.807, 2.05) is 18.7 Å². The standard InChI is InChI=1S/C26H29FN4O/c1-17-5-6-18(2)22(15-17)16-24-19(3)28-20(4)29-25(24)30-11-13-31(14-12-30)26(32)21-7-9-23(27)10-8-21/h5-10,15H,11-14,16H2,1-4H3. The van der Waals surface area contributed by atoms with Crippen molar-refractivity contribution in [3.05, 3.63) is 87.6 Å². The average Bonchev–Trinajstić information content (AvgIpc) is 2.78. The summed E-state index contributed by atoms with van der Waals surface area (Å²) in [4.78, 5) is 26.3. The van der Waals surface area contributed by atoms with Crippen LogP contribution in [0.25, 0.3) is 0 Å². The molecule has 0 spiro atoms. The van der Waals surface area contributed by atoms with Crippen molar-refractivity contribution >= 4 is 11.7 Å². The molecule has 166 valence electrons. The molecular weight excluding hydrogens is 403 g/mol. The number of hydrogen-bond acceptors (Lipinski definition) is 4. The third-order valence-corrected chi connectivity index (χ3v) is 6.13. The van der Waals surface area contributed by atoms with Crippen LogP contribution in [0.2, 0.25) is 0 Å². The Morgan fingerprint density at radius 2 is 1.62 bits per heavy atom. The van der Waals surface area contributed by atoms with E-state index in [4.69, 9.17) is 4.98 Å².